The van der Waals surface area contributed by atoms with E-state index >= 15 is 0 Å². The first kappa shape index (κ1) is 12.2. The number of oxazole rings is 1. The summed E-state index contributed by atoms with van der Waals surface area (Å²) in [5.41, 5.74) is 3.75. The zero-order valence-electron chi connectivity index (χ0n) is 11.0. The fourth-order valence-corrected chi connectivity index (χ4v) is 2.26. The lowest BCUT2D eigenvalue weighted by Gasteiger charge is -2.04. The molecule has 4 heteroatoms. The summed E-state index contributed by atoms with van der Waals surface area (Å²) in [5, 5.41) is 9.11. The van der Waals surface area contributed by atoms with Crippen LogP contribution >= 0.6 is 0 Å². The van der Waals surface area contributed by atoms with E-state index in [0.717, 1.165) is 16.6 Å². The summed E-state index contributed by atoms with van der Waals surface area (Å²) < 4.78 is 6.78. The van der Waals surface area contributed by atoms with Gasteiger partial charge in [0.25, 0.3) is 0 Å². The van der Waals surface area contributed by atoms with E-state index in [-0.39, 0.29) is 0 Å². The minimum absolute atomic E-state index is 0.332. The topological polar surface area (TPSA) is 58.9 Å². The number of nitrogens with zero attached hydrogens (tertiary/aromatic N) is 2. The molecule has 3 rings (SSSR count). The largest absolute Gasteiger partial charge is 0.420 e. The molecule has 0 amide bonds. The molecule has 20 heavy (non-hydrogen) atoms. The number of aromatic nitrogens is 1. The van der Waals surface area contributed by atoms with E-state index in [1.165, 1.54) is 0 Å². The Morgan fingerprint density at radius 3 is 2.85 bits per heavy atom. The lowest BCUT2D eigenvalue weighted by molar-refractivity contribution is 0.517. The molecular formula is C16H12N2O2. The van der Waals surface area contributed by atoms with E-state index in [9.17, 15) is 4.79 Å². The molecule has 0 atom stereocenters. The van der Waals surface area contributed by atoms with Crippen LogP contribution in [0.3, 0.4) is 0 Å². The van der Waals surface area contributed by atoms with Gasteiger partial charge < -0.3 is 4.42 Å². The van der Waals surface area contributed by atoms with Crippen LogP contribution in [0.2, 0.25) is 0 Å². The summed E-state index contributed by atoms with van der Waals surface area (Å²) in [4.78, 5) is 12.0. The monoisotopic (exact) mass is 264 g/mol. The van der Waals surface area contributed by atoms with Gasteiger partial charge in [0.1, 0.15) is 0 Å². The van der Waals surface area contributed by atoms with Gasteiger partial charge in [0, 0.05) is 0 Å². The molecule has 0 saturated carbocycles. The Balaban J connectivity index is 2.16. The Labute approximate surface area is 115 Å². The fourth-order valence-electron chi connectivity index (χ4n) is 2.26. The van der Waals surface area contributed by atoms with E-state index in [1.54, 1.807) is 16.7 Å². The molecule has 0 radical (unpaired) electrons. The van der Waals surface area contributed by atoms with Crippen molar-refractivity contribution in [3.8, 4) is 6.07 Å². The maximum Gasteiger partial charge on any atom is 0.420 e. The van der Waals surface area contributed by atoms with Gasteiger partial charge >= 0.3 is 5.76 Å². The first-order valence-electron chi connectivity index (χ1n) is 6.27. The molecule has 0 aliphatic carbocycles. The summed E-state index contributed by atoms with van der Waals surface area (Å²) >= 11 is 0. The van der Waals surface area contributed by atoms with E-state index in [1.807, 2.05) is 37.3 Å². The molecule has 0 N–H and O–H groups in total. The highest BCUT2D eigenvalue weighted by Gasteiger charge is 2.11. The van der Waals surface area contributed by atoms with Crippen LogP contribution < -0.4 is 5.76 Å². The van der Waals surface area contributed by atoms with Crippen molar-refractivity contribution in [3.05, 3.63) is 69.7 Å². The fraction of sp³-hybridized carbons (Fsp3) is 0.125. The quantitative estimate of drug-likeness (QED) is 0.715. The summed E-state index contributed by atoms with van der Waals surface area (Å²) in [5.74, 6) is -0.404. The number of hydrogen-bond acceptors (Lipinski definition) is 3. The smallest absolute Gasteiger partial charge is 0.408 e. The predicted molar refractivity (Wildman–Crippen MR) is 75.5 cm³/mol. The molecule has 1 heterocycles. The van der Waals surface area contributed by atoms with Gasteiger partial charge in [-0.25, -0.2) is 4.79 Å². The molecule has 4 nitrogen and oxygen atoms in total. The van der Waals surface area contributed by atoms with Gasteiger partial charge in [0.2, 0.25) is 0 Å². The molecule has 0 aliphatic rings. The molecule has 2 aromatic carbocycles. The zero-order chi connectivity index (χ0) is 14.1. The minimum atomic E-state index is -0.404. The van der Waals surface area contributed by atoms with Crippen LogP contribution in [-0.2, 0) is 6.54 Å². The highest BCUT2D eigenvalue weighted by molar-refractivity contribution is 5.73. The molecule has 98 valence electrons. The van der Waals surface area contributed by atoms with Crippen LogP contribution in [0, 0.1) is 18.3 Å². The molecule has 0 aliphatic heterocycles. The lowest BCUT2D eigenvalue weighted by Crippen LogP contribution is -2.15. The third-order valence-corrected chi connectivity index (χ3v) is 3.29. The van der Waals surface area contributed by atoms with E-state index in [2.05, 4.69) is 6.07 Å². The van der Waals surface area contributed by atoms with E-state index < -0.39 is 5.76 Å². The minimum Gasteiger partial charge on any atom is -0.408 e. The van der Waals surface area contributed by atoms with Gasteiger partial charge in [-0.15, -0.1) is 0 Å². The van der Waals surface area contributed by atoms with Crippen molar-refractivity contribution in [2.24, 2.45) is 0 Å². The highest BCUT2D eigenvalue weighted by Crippen LogP contribution is 2.17. The van der Waals surface area contributed by atoms with Crippen LogP contribution in [-0.4, -0.2) is 4.57 Å². The molecule has 0 unspecified atom stereocenters. The number of nitriles is 1. The lowest BCUT2D eigenvalue weighted by atomic mass is 10.1. The van der Waals surface area contributed by atoms with Crippen LogP contribution in [0.5, 0.6) is 0 Å². The SMILES string of the molecule is Cc1ccc2oc(=O)n(Cc3ccccc3C#N)c2c1. The van der Waals surface area contributed by atoms with Crippen LogP contribution in [0.4, 0.5) is 0 Å². The molecule has 0 saturated heterocycles. The van der Waals surface area contributed by atoms with Crippen LogP contribution in [0.15, 0.2) is 51.7 Å². The maximum atomic E-state index is 12.0. The van der Waals surface area contributed by atoms with E-state index in [0.29, 0.717) is 17.7 Å². The average Bonchev–Trinajstić information content (AvgIpc) is 2.76. The van der Waals surface area contributed by atoms with Gasteiger partial charge in [0.15, 0.2) is 5.58 Å². The summed E-state index contributed by atoms with van der Waals surface area (Å²) in [6, 6.07) is 15.0. The van der Waals surface area contributed by atoms with Crippen molar-refractivity contribution < 1.29 is 4.42 Å². The second-order valence-corrected chi connectivity index (χ2v) is 4.69. The van der Waals surface area contributed by atoms with E-state index in [4.69, 9.17) is 9.68 Å². The first-order chi connectivity index (χ1) is 9.69. The maximum absolute atomic E-state index is 12.0. The number of hydrogen-bond donors (Lipinski definition) is 0. The standard InChI is InChI=1S/C16H12N2O2/c1-11-6-7-15-14(8-11)18(16(19)20-15)10-13-5-3-2-4-12(13)9-17/h2-8H,10H2,1H3. The van der Waals surface area contributed by atoms with Gasteiger partial charge in [-0.1, -0.05) is 24.3 Å². The average molecular weight is 264 g/mol. The summed E-state index contributed by atoms with van der Waals surface area (Å²) in [6.45, 7) is 2.30. The Hall–Kier alpha value is -2.80. The Morgan fingerprint density at radius 2 is 2.05 bits per heavy atom. The first-order valence-corrected chi connectivity index (χ1v) is 6.27. The third-order valence-electron chi connectivity index (χ3n) is 3.29. The Morgan fingerprint density at radius 1 is 1.25 bits per heavy atom. The number of benzene rings is 2. The third kappa shape index (κ3) is 1.99. The Bertz CT molecular complexity index is 881. The molecular weight excluding hydrogens is 252 g/mol. The van der Waals surface area contributed by atoms with Gasteiger partial charge in [-0.2, -0.15) is 5.26 Å². The second kappa shape index (κ2) is 4.71. The van der Waals surface area contributed by atoms with Crippen molar-refractivity contribution in [2.45, 2.75) is 13.5 Å². The zero-order valence-corrected chi connectivity index (χ0v) is 11.0. The van der Waals surface area contributed by atoms with Crippen molar-refractivity contribution in [3.63, 3.8) is 0 Å². The van der Waals surface area contributed by atoms with Gasteiger partial charge in [0.05, 0.1) is 23.7 Å². The van der Waals surface area contributed by atoms with Crippen LogP contribution in [0.25, 0.3) is 11.1 Å². The normalized spacial score (nSPS) is 10.6. The Kier molecular flexibility index (Phi) is 2.88. The van der Waals surface area contributed by atoms with Crippen molar-refractivity contribution in [2.75, 3.05) is 0 Å². The number of aryl methyl sites for hydroxylation is 1. The molecule has 0 bridgehead atoms. The summed E-state index contributed by atoms with van der Waals surface area (Å²) in [6.07, 6.45) is 0. The van der Waals surface area contributed by atoms with Crippen molar-refractivity contribution in [1.82, 2.24) is 4.57 Å². The van der Waals surface area contributed by atoms with Gasteiger partial charge in [-0.3, -0.25) is 4.57 Å². The molecule has 0 spiro atoms. The van der Waals surface area contributed by atoms with Gasteiger partial charge in [-0.05, 0) is 36.2 Å². The van der Waals surface area contributed by atoms with Crippen LogP contribution in [0.1, 0.15) is 16.7 Å². The van der Waals surface area contributed by atoms with Crippen molar-refractivity contribution >= 4 is 11.1 Å². The summed E-state index contributed by atoms with van der Waals surface area (Å²) in [7, 11) is 0. The highest BCUT2D eigenvalue weighted by atomic mass is 16.4. The number of fused-ring (bicyclic) bond motifs is 1. The predicted octanol–water partition coefficient (Wildman–Crippen LogP) is 2.82. The van der Waals surface area contributed by atoms with Crippen molar-refractivity contribution in [1.29, 1.82) is 5.26 Å². The number of rotatable bonds is 2. The molecule has 1 aromatic heterocycles. The second-order valence-electron chi connectivity index (χ2n) is 4.69. The molecule has 3 aromatic rings. The molecule has 0 fully saturated rings.